The van der Waals surface area contributed by atoms with Crippen molar-refractivity contribution in [1.29, 1.82) is 0 Å². The summed E-state index contributed by atoms with van der Waals surface area (Å²) in [7, 11) is 0. The van der Waals surface area contributed by atoms with Crippen LogP contribution in [0.5, 0.6) is 0 Å². The Labute approximate surface area is 236 Å². The number of anilines is 3. The minimum Gasteiger partial charge on any atom is -0.481 e. The number of piperazine rings is 1. The zero-order valence-corrected chi connectivity index (χ0v) is 23.2. The second kappa shape index (κ2) is 11.7. The van der Waals surface area contributed by atoms with Gasteiger partial charge in [0.05, 0.1) is 18.1 Å². The number of carboxylic acids is 1. The number of nitrogens with zero attached hydrogens (tertiary/aromatic N) is 7. The lowest BCUT2D eigenvalue weighted by Gasteiger charge is -2.34. The SMILES string of the molecule is CCN1CCN(Cc2cnc(Nc3ncc(F)c(-c4cc(F)c5nc(C)n([C@H](C)CC(=O)O)c5c4)n3)cc2N)CC1. The van der Waals surface area contributed by atoms with Crippen molar-refractivity contribution in [2.24, 2.45) is 0 Å². The predicted octanol–water partition coefficient (Wildman–Crippen LogP) is 3.97. The van der Waals surface area contributed by atoms with E-state index in [9.17, 15) is 14.3 Å². The van der Waals surface area contributed by atoms with Crippen molar-refractivity contribution in [2.75, 3.05) is 43.8 Å². The highest BCUT2D eigenvalue weighted by atomic mass is 19.1. The van der Waals surface area contributed by atoms with Crippen LogP contribution in [-0.2, 0) is 11.3 Å². The number of benzene rings is 1. The zero-order chi connectivity index (χ0) is 29.3. The van der Waals surface area contributed by atoms with E-state index in [1.807, 2.05) is 0 Å². The second-order valence-corrected chi connectivity index (χ2v) is 10.3. The molecule has 0 saturated carbocycles. The molecule has 0 aliphatic carbocycles. The molecule has 0 radical (unpaired) electrons. The van der Waals surface area contributed by atoms with Crippen LogP contribution >= 0.6 is 0 Å². The maximum Gasteiger partial charge on any atom is 0.305 e. The molecule has 13 heteroatoms. The summed E-state index contributed by atoms with van der Waals surface area (Å²) in [5, 5.41) is 12.2. The highest BCUT2D eigenvalue weighted by Crippen LogP contribution is 2.31. The van der Waals surface area contributed by atoms with Crippen LogP contribution in [0, 0.1) is 18.6 Å². The first-order valence-corrected chi connectivity index (χ1v) is 13.5. The monoisotopic (exact) mass is 565 g/mol. The molecule has 41 heavy (non-hydrogen) atoms. The number of carbonyl (C=O) groups is 1. The standard InChI is InChI=1S/C28H33F2N9O2/c1-4-37-5-7-38(8-6-37)15-19-13-32-24(12-22(19)31)35-28-33-14-21(30)26(36-28)18-10-20(29)27-23(11-18)39(17(3)34-27)16(2)9-25(40)41/h10-14,16H,4-9,15H2,1-3H3,(H,40,41)(H3,31,32,33,35,36)/t16-/m1/s1. The molecule has 1 fully saturated rings. The maximum absolute atomic E-state index is 15.1. The number of pyridine rings is 1. The molecular formula is C28H33F2N9O2. The summed E-state index contributed by atoms with van der Waals surface area (Å²) in [6.45, 7) is 11.2. The number of aryl methyl sites for hydroxylation is 1. The molecule has 11 nitrogen and oxygen atoms in total. The summed E-state index contributed by atoms with van der Waals surface area (Å²) in [6, 6.07) is 3.89. The molecule has 4 heterocycles. The lowest BCUT2D eigenvalue weighted by molar-refractivity contribution is -0.137. The molecule has 0 amide bonds. The van der Waals surface area contributed by atoms with Gasteiger partial charge in [0.1, 0.15) is 22.9 Å². The number of fused-ring (bicyclic) bond motifs is 1. The number of hydrogen-bond donors (Lipinski definition) is 3. The Morgan fingerprint density at radius 2 is 1.80 bits per heavy atom. The Kier molecular flexibility index (Phi) is 8.08. The van der Waals surface area contributed by atoms with E-state index in [2.05, 4.69) is 42.0 Å². The van der Waals surface area contributed by atoms with Crippen LogP contribution in [0.4, 0.5) is 26.2 Å². The highest BCUT2D eigenvalue weighted by Gasteiger charge is 2.21. The van der Waals surface area contributed by atoms with Crippen LogP contribution in [0.3, 0.4) is 0 Å². The van der Waals surface area contributed by atoms with Gasteiger partial charge in [0, 0.05) is 67.8 Å². The topological polar surface area (TPSA) is 138 Å². The van der Waals surface area contributed by atoms with Crippen molar-refractivity contribution in [1.82, 2.24) is 34.3 Å². The molecule has 1 aromatic carbocycles. The van der Waals surface area contributed by atoms with Crippen LogP contribution in [0.25, 0.3) is 22.3 Å². The molecular weight excluding hydrogens is 532 g/mol. The first-order chi connectivity index (χ1) is 19.6. The first kappa shape index (κ1) is 28.3. The van der Waals surface area contributed by atoms with Crippen LogP contribution in [0.15, 0.2) is 30.6 Å². The molecule has 0 bridgehead atoms. The van der Waals surface area contributed by atoms with Crippen molar-refractivity contribution in [3.05, 3.63) is 53.6 Å². The third-order valence-electron chi connectivity index (χ3n) is 7.42. The number of aliphatic carboxylic acids is 1. The summed E-state index contributed by atoms with van der Waals surface area (Å²) in [6.07, 6.45) is 2.52. The van der Waals surface area contributed by atoms with Gasteiger partial charge in [-0.1, -0.05) is 6.92 Å². The van der Waals surface area contributed by atoms with E-state index < -0.39 is 23.6 Å². The quantitative estimate of drug-likeness (QED) is 0.273. The van der Waals surface area contributed by atoms with Crippen molar-refractivity contribution in [3.63, 3.8) is 0 Å². The van der Waals surface area contributed by atoms with Crippen LogP contribution in [-0.4, -0.2) is 78.1 Å². The second-order valence-electron chi connectivity index (χ2n) is 10.3. The minimum atomic E-state index is -0.995. The van der Waals surface area contributed by atoms with Crippen molar-refractivity contribution >= 4 is 34.5 Å². The third kappa shape index (κ3) is 6.10. The van der Waals surface area contributed by atoms with Gasteiger partial charge in [-0.25, -0.2) is 28.7 Å². The molecule has 216 valence electrons. The van der Waals surface area contributed by atoms with Crippen molar-refractivity contribution < 1.29 is 18.7 Å². The van der Waals surface area contributed by atoms with Crippen molar-refractivity contribution in [3.8, 4) is 11.3 Å². The van der Waals surface area contributed by atoms with Gasteiger partial charge in [-0.05, 0) is 32.5 Å². The fraction of sp³-hybridized carbons (Fsp3) is 0.393. The molecule has 4 aromatic rings. The van der Waals surface area contributed by atoms with Gasteiger partial charge in [0.15, 0.2) is 11.6 Å². The van der Waals surface area contributed by atoms with E-state index in [-0.39, 0.29) is 29.1 Å². The molecule has 1 atom stereocenters. The number of hydrogen-bond acceptors (Lipinski definition) is 9. The van der Waals surface area contributed by atoms with E-state index in [4.69, 9.17) is 5.73 Å². The predicted molar refractivity (Wildman–Crippen MR) is 152 cm³/mol. The normalized spacial score (nSPS) is 15.3. The van der Waals surface area contributed by atoms with Crippen LogP contribution in [0.2, 0.25) is 0 Å². The minimum absolute atomic E-state index is 0.0566. The number of aromatic nitrogens is 5. The van der Waals surface area contributed by atoms with E-state index in [0.717, 1.165) is 50.6 Å². The average molecular weight is 566 g/mol. The molecule has 0 spiro atoms. The van der Waals surface area contributed by atoms with E-state index in [0.29, 0.717) is 29.4 Å². The molecule has 1 aliphatic heterocycles. The number of rotatable bonds is 9. The summed E-state index contributed by atoms with van der Waals surface area (Å²) in [5.41, 5.74) is 8.25. The Hall–Kier alpha value is -4.23. The number of halogens is 2. The number of nitrogens with one attached hydrogen (secondary N) is 1. The lowest BCUT2D eigenvalue weighted by atomic mass is 10.1. The highest BCUT2D eigenvalue weighted by molar-refractivity contribution is 5.83. The summed E-state index contributed by atoms with van der Waals surface area (Å²) in [5.74, 6) is -1.52. The van der Waals surface area contributed by atoms with E-state index in [1.54, 1.807) is 36.7 Å². The fourth-order valence-electron chi connectivity index (χ4n) is 5.25. The lowest BCUT2D eigenvalue weighted by Crippen LogP contribution is -2.45. The van der Waals surface area contributed by atoms with E-state index >= 15 is 4.39 Å². The number of imidazole rings is 1. The Morgan fingerprint density at radius 1 is 1.07 bits per heavy atom. The van der Waals surface area contributed by atoms with Gasteiger partial charge < -0.3 is 25.6 Å². The molecule has 4 N–H and O–H groups in total. The molecule has 1 aliphatic rings. The third-order valence-corrected chi connectivity index (χ3v) is 7.42. The molecule has 0 unspecified atom stereocenters. The summed E-state index contributed by atoms with van der Waals surface area (Å²) in [4.78, 5) is 33.1. The summed E-state index contributed by atoms with van der Waals surface area (Å²) >= 11 is 0. The number of nitrogens with two attached hydrogens (primary N) is 1. The number of likely N-dealkylation sites (N-methyl/N-ethyl adjacent to an activating group) is 1. The smallest absolute Gasteiger partial charge is 0.305 e. The number of carboxylic acid groups (broad SMARTS) is 1. The van der Waals surface area contributed by atoms with Gasteiger partial charge in [0.2, 0.25) is 5.95 Å². The van der Waals surface area contributed by atoms with Crippen molar-refractivity contribution in [2.45, 2.75) is 39.8 Å². The van der Waals surface area contributed by atoms with Gasteiger partial charge in [-0.3, -0.25) is 9.69 Å². The van der Waals surface area contributed by atoms with Crippen LogP contribution < -0.4 is 11.1 Å². The Morgan fingerprint density at radius 3 is 2.49 bits per heavy atom. The first-order valence-electron chi connectivity index (χ1n) is 13.5. The maximum atomic E-state index is 15.1. The molecule has 5 rings (SSSR count). The summed E-state index contributed by atoms with van der Waals surface area (Å²) < 4.78 is 31.7. The van der Waals surface area contributed by atoms with Gasteiger partial charge in [0.25, 0.3) is 0 Å². The molecule has 3 aromatic heterocycles. The van der Waals surface area contributed by atoms with Gasteiger partial charge in [-0.15, -0.1) is 0 Å². The van der Waals surface area contributed by atoms with E-state index in [1.165, 1.54) is 0 Å². The largest absolute Gasteiger partial charge is 0.481 e. The zero-order valence-electron chi connectivity index (χ0n) is 23.2. The Balaban J connectivity index is 1.39. The fourth-order valence-corrected chi connectivity index (χ4v) is 5.25. The molecule has 1 saturated heterocycles. The Bertz CT molecular complexity index is 1580. The van der Waals surface area contributed by atoms with Gasteiger partial charge in [-0.2, -0.15) is 0 Å². The van der Waals surface area contributed by atoms with Gasteiger partial charge >= 0.3 is 5.97 Å². The van der Waals surface area contributed by atoms with Crippen LogP contribution in [0.1, 0.15) is 37.7 Å². The number of nitrogen functional groups attached to an aromatic ring is 1. The average Bonchev–Trinajstić information content (AvgIpc) is 3.27.